The van der Waals surface area contributed by atoms with E-state index in [1.807, 2.05) is 43.3 Å². The molecule has 1 aromatic heterocycles. The molecule has 24 heavy (non-hydrogen) atoms. The first-order valence-corrected chi connectivity index (χ1v) is 7.35. The number of aromatic hydroxyl groups is 1. The van der Waals surface area contributed by atoms with Crippen LogP contribution in [0.15, 0.2) is 41.7 Å². The van der Waals surface area contributed by atoms with Crippen LogP contribution in [0.1, 0.15) is 15.9 Å². The molecule has 0 atom stereocenters. The molecule has 1 aromatic carbocycles. The fourth-order valence-electron chi connectivity index (χ4n) is 2.44. The summed E-state index contributed by atoms with van der Waals surface area (Å²) in [6, 6.07) is 7.47. The summed E-state index contributed by atoms with van der Waals surface area (Å²) in [6.45, 7) is 3.66. The number of H-pyrrole nitrogens is 1. The molecule has 0 amide bonds. The third kappa shape index (κ3) is 3.17. The number of methoxy groups -OCH3 is 1. The van der Waals surface area contributed by atoms with Crippen LogP contribution in [0.25, 0.3) is 11.3 Å². The van der Waals surface area contributed by atoms with Crippen LogP contribution < -0.4 is 10.5 Å². The summed E-state index contributed by atoms with van der Waals surface area (Å²) in [4.78, 5) is 28.6. The maximum Gasteiger partial charge on any atom is 0.347 e. The number of rotatable bonds is 5. The van der Waals surface area contributed by atoms with Crippen LogP contribution in [0, 0.1) is 0 Å². The van der Waals surface area contributed by atoms with Gasteiger partial charge in [-0.3, -0.25) is 4.79 Å². The van der Waals surface area contributed by atoms with E-state index < -0.39 is 17.1 Å². The Bertz CT molecular complexity index is 820. The highest BCUT2D eigenvalue weighted by Gasteiger charge is 2.23. The van der Waals surface area contributed by atoms with E-state index in [0.717, 1.165) is 18.4 Å². The Morgan fingerprint density at radius 2 is 1.96 bits per heavy atom. The second-order valence-corrected chi connectivity index (χ2v) is 5.46. The van der Waals surface area contributed by atoms with Crippen LogP contribution in [0.5, 0.6) is 5.75 Å². The van der Waals surface area contributed by atoms with Gasteiger partial charge < -0.3 is 19.7 Å². The van der Waals surface area contributed by atoms with Crippen molar-refractivity contribution in [1.29, 1.82) is 0 Å². The Labute approximate surface area is 140 Å². The normalized spacial score (nSPS) is 10.3. The second-order valence-electron chi connectivity index (χ2n) is 5.46. The summed E-state index contributed by atoms with van der Waals surface area (Å²) in [5.41, 5.74) is 1.50. The zero-order valence-corrected chi connectivity index (χ0v) is 13.9. The molecule has 0 spiro atoms. The molecule has 0 aliphatic carbocycles. The van der Waals surface area contributed by atoms with E-state index in [2.05, 4.69) is 16.3 Å². The zero-order chi connectivity index (χ0) is 17.9. The molecule has 2 rings (SSSR count). The van der Waals surface area contributed by atoms with Gasteiger partial charge in [0.1, 0.15) is 5.75 Å². The van der Waals surface area contributed by atoms with Crippen LogP contribution in [-0.4, -0.2) is 37.3 Å². The Balaban J connectivity index is 2.67. The smallest absolute Gasteiger partial charge is 0.347 e. The molecular weight excluding hydrogens is 308 g/mol. The van der Waals surface area contributed by atoms with Crippen molar-refractivity contribution in [3.05, 3.63) is 58.4 Å². The molecule has 0 saturated carbocycles. The summed E-state index contributed by atoms with van der Waals surface area (Å²) in [6.07, 6.45) is 1.88. The molecule has 0 saturated heterocycles. The van der Waals surface area contributed by atoms with E-state index in [4.69, 9.17) is 0 Å². The quantitative estimate of drug-likeness (QED) is 0.650. The summed E-state index contributed by atoms with van der Waals surface area (Å²) in [5.74, 6) is -1.26. The van der Waals surface area contributed by atoms with E-state index in [9.17, 15) is 14.7 Å². The average molecular weight is 328 g/mol. The van der Waals surface area contributed by atoms with Gasteiger partial charge in [0.15, 0.2) is 5.56 Å². The molecule has 0 bridgehead atoms. The number of benzene rings is 1. The number of pyridine rings is 1. The molecule has 0 fully saturated rings. The Morgan fingerprint density at radius 3 is 2.46 bits per heavy atom. The van der Waals surface area contributed by atoms with Gasteiger partial charge in [-0.1, -0.05) is 18.2 Å². The maximum atomic E-state index is 12.2. The molecule has 6 nitrogen and oxygen atoms in total. The van der Waals surface area contributed by atoms with Gasteiger partial charge in [0.25, 0.3) is 5.56 Å². The SMILES string of the molecule is C=CCc1c(-c2ccc(N(C)C)cc2)[nH]c(=O)c(C(=O)OC)c1O. The second kappa shape index (κ2) is 7.04. The van der Waals surface area contributed by atoms with Gasteiger partial charge in [-0.15, -0.1) is 6.58 Å². The van der Waals surface area contributed by atoms with Gasteiger partial charge in [-0.05, 0) is 24.1 Å². The van der Waals surface area contributed by atoms with E-state index in [0.29, 0.717) is 11.3 Å². The Hall–Kier alpha value is -3.02. The number of hydrogen-bond donors (Lipinski definition) is 2. The van der Waals surface area contributed by atoms with E-state index >= 15 is 0 Å². The number of nitrogens with one attached hydrogen (secondary N) is 1. The molecule has 1 heterocycles. The molecule has 2 N–H and O–H groups in total. The summed E-state index contributed by atoms with van der Waals surface area (Å²) in [5, 5.41) is 10.4. The first-order chi connectivity index (χ1) is 11.4. The minimum Gasteiger partial charge on any atom is -0.506 e. The van der Waals surface area contributed by atoms with Gasteiger partial charge in [0.2, 0.25) is 0 Å². The number of anilines is 1. The van der Waals surface area contributed by atoms with Gasteiger partial charge >= 0.3 is 5.97 Å². The molecular formula is C18H20N2O4. The average Bonchev–Trinajstić information content (AvgIpc) is 2.57. The van der Waals surface area contributed by atoms with Gasteiger partial charge in [-0.25, -0.2) is 4.79 Å². The van der Waals surface area contributed by atoms with Crippen LogP contribution in [0.3, 0.4) is 0 Å². The molecule has 126 valence electrons. The maximum absolute atomic E-state index is 12.2. The number of ether oxygens (including phenoxy) is 1. The fourth-order valence-corrected chi connectivity index (χ4v) is 2.44. The highest BCUT2D eigenvalue weighted by Crippen LogP contribution is 2.31. The van der Waals surface area contributed by atoms with Gasteiger partial charge in [0.05, 0.1) is 12.8 Å². The van der Waals surface area contributed by atoms with E-state index in [-0.39, 0.29) is 12.2 Å². The largest absolute Gasteiger partial charge is 0.506 e. The number of aromatic nitrogens is 1. The lowest BCUT2D eigenvalue weighted by atomic mass is 9.99. The van der Waals surface area contributed by atoms with Crippen molar-refractivity contribution in [3.8, 4) is 17.0 Å². The van der Waals surface area contributed by atoms with Crippen molar-refractivity contribution in [2.75, 3.05) is 26.1 Å². The van der Waals surface area contributed by atoms with Crippen molar-refractivity contribution in [3.63, 3.8) is 0 Å². The number of carbonyl (C=O) groups excluding carboxylic acids is 1. The molecule has 6 heteroatoms. The molecule has 0 radical (unpaired) electrons. The van der Waals surface area contributed by atoms with E-state index in [1.165, 1.54) is 0 Å². The van der Waals surface area contributed by atoms with Crippen LogP contribution in [-0.2, 0) is 11.2 Å². The van der Waals surface area contributed by atoms with Crippen LogP contribution >= 0.6 is 0 Å². The van der Waals surface area contributed by atoms with Crippen LogP contribution in [0.2, 0.25) is 0 Å². The van der Waals surface area contributed by atoms with E-state index in [1.54, 1.807) is 6.08 Å². The minimum atomic E-state index is -0.881. The van der Waals surface area contributed by atoms with Crippen molar-refractivity contribution >= 4 is 11.7 Å². The summed E-state index contributed by atoms with van der Waals surface area (Å²) < 4.78 is 4.57. The molecule has 0 aliphatic rings. The standard InChI is InChI=1S/C18H20N2O4/c1-5-6-13-15(11-7-9-12(10-8-11)20(2)3)19-17(22)14(16(13)21)18(23)24-4/h5,7-10H,1,6H2,2-4H3,(H2,19,21,22). The number of allylic oxidation sites excluding steroid dienone is 1. The highest BCUT2D eigenvalue weighted by molar-refractivity contribution is 5.93. The lowest BCUT2D eigenvalue weighted by molar-refractivity contribution is 0.0595. The van der Waals surface area contributed by atoms with Crippen LogP contribution in [0.4, 0.5) is 5.69 Å². The topological polar surface area (TPSA) is 82.6 Å². The third-order valence-corrected chi connectivity index (χ3v) is 3.70. The number of hydrogen-bond acceptors (Lipinski definition) is 5. The number of aromatic amines is 1. The lowest BCUT2D eigenvalue weighted by Crippen LogP contribution is -2.21. The van der Waals surface area contributed by atoms with Crippen molar-refractivity contribution in [1.82, 2.24) is 4.98 Å². The lowest BCUT2D eigenvalue weighted by Gasteiger charge is -2.15. The van der Waals surface area contributed by atoms with Gasteiger partial charge in [-0.2, -0.15) is 0 Å². The molecule has 0 aliphatic heterocycles. The Kier molecular flexibility index (Phi) is 5.08. The molecule has 0 unspecified atom stereocenters. The number of esters is 1. The minimum absolute atomic E-state index is 0.289. The Morgan fingerprint density at radius 1 is 1.33 bits per heavy atom. The van der Waals surface area contributed by atoms with Gasteiger partial charge in [0, 0.05) is 25.3 Å². The van der Waals surface area contributed by atoms with Crippen molar-refractivity contribution in [2.45, 2.75) is 6.42 Å². The summed E-state index contributed by atoms with van der Waals surface area (Å²) in [7, 11) is 5.01. The first kappa shape index (κ1) is 17.3. The summed E-state index contributed by atoms with van der Waals surface area (Å²) >= 11 is 0. The highest BCUT2D eigenvalue weighted by atomic mass is 16.5. The molecule has 2 aromatic rings. The number of nitrogens with zero attached hydrogens (tertiary/aromatic N) is 1. The monoisotopic (exact) mass is 328 g/mol. The van der Waals surface area contributed by atoms with Crippen molar-refractivity contribution in [2.24, 2.45) is 0 Å². The third-order valence-electron chi connectivity index (χ3n) is 3.70. The van der Waals surface area contributed by atoms with Crippen molar-refractivity contribution < 1.29 is 14.6 Å². The predicted molar refractivity (Wildman–Crippen MR) is 93.7 cm³/mol. The fraction of sp³-hybridized carbons (Fsp3) is 0.222. The number of carbonyl (C=O) groups is 1. The zero-order valence-electron chi connectivity index (χ0n) is 13.9. The predicted octanol–water partition coefficient (Wildman–Crippen LogP) is 2.33. The first-order valence-electron chi connectivity index (χ1n) is 7.35.